The van der Waals surface area contributed by atoms with Crippen LogP contribution >= 0.6 is 15.9 Å². The summed E-state index contributed by atoms with van der Waals surface area (Å²) in [5.41, 5.74) is 2.23. The van der Waals surface area contributed by atoms with Gasteiger partial charge < -0.3 is 19.7 Å². The van der Waals surface area contributed by atoms with Crippen LogP contribution in [0.4, 0.5) is 11.4 Å². The lowest BCUT2D eigenvalue weighted by Gasteiger charge is -2.37. The molecule has 1 spiro atoms. The molecule has 7 nitrogen and oxygen atoms in total. The third-order valence-electron chi connectivity index (χ3n) is 8.87. The number of nitrogens with one attached hydrogen (secondary N) is 1. The van der Waals surface area contributed by atoms with Crippen molar-refractivity contribution in [1.82, 2.24) is 0 Å². The molecule has 4 aromatic rings. The molecule has 1 amide bonds. The van der Waals surface area contributed by atoms with E-state index in [-0.39, 0.29) is 17.5 Å². The van der Waals surface area contributed by atoms with Crippen LogP contribution in [0.25, 0.3) is 6.08 Å². The summed E-state index contributed by atoms with van der Waals surface area (Å²) in [6.07, 6.45) is 3.93. The summed E-state index contributed by atoms with van der Waals surface area (Å²) in [7, 11) is 3.05. The molecule has 0 aromatic heterocycles. The first-order chi connectivity index (χ1) is 20.9. The van der Waals surface area contributed by atoms with Crippen LogP contribution in [0.3, 0.4) is 0 Å². The molecule has 3 heterocycles. The molecule has 3 aliphatic rings. The van der Waals surface area contributed by atoms with E-state index < -0.39 is 23.4 Å². The van der Waals surface area contributed by atoms with Crippen molar-refractivity contribution in [2.75, 3.05) is 24.4 Å². The summed E-state index contributed by atoms with van der Waals surface area (Å²) >= 11 is 3.46. The highest BCUT2D eigenvalue weighted by molar-refractivity contribution is 9.10. The number of anilines is 2. The number of benzene rings is 4. The van der Waals surface area contributed by atoms with Crippen molar-refractivity contribution < 1.29 is 23.9 Å². The number of nitrogens with zero attached hydrogens (tertiary/aromatic N) is 1. The zero-order chi connectivity index (χ0) is 29.9. The minimum atomic E-state index is -1.53. The van der Waals surface area contributed by atoms with Gasteiger partial charge in [-0.25, -0.2) is 0 Å². The van der Waals surface area contributed by atoms with E-state index in [4.69, 9.17) is 9.47 Å². The Hall–Kier alpha value is -4.69. The molecule has 0 radical (unpaired) electrons. The predicted octanol–water partition coefficient (Wildman–Crippen LogP) is 6.32. The molecular weight excluding hydrogens is 608 g/mol. The first-order valence-corrected chi connectivity index (χ1v) is 14.7. The van der Waals surface area contributed by atoms with Gasteiger partial charge in [0.2, 0.25) is 5.91 Å². The Balaban J connectivity index is 1.52. The van der Waals surface area contributed by atoms with Gasteiger partial charge in [0.05, 0.1) is 26.2 Å². The second kappa shape index (κ2) is 10.2. The third kappa shape index (κ3) is 3.89. The Kier molecular flexibility index (Phi) is 6.47. The number of ketones is 2. The lowest BCUT2D eigenvalue weighted by Crippen LogP contribution is -2.55. The van der Waals surface area contributed by atoms with E-state index in [1.54, 1.807) is 30.3 Å². The number of Topliss-reactive ketones (excluding diaryl/α,β-unsaturated/α-hetero) is 2. The first kappa shape index (κ1) is 27.2. The number of halogens is 1. The molecule has 1 saturated heterocycles. The Morgan fingerprint density at radius 3 is 2.30 bits per heavy atom. The highest BCUT2D eigenvalue weighted by atomic mass is 79.9. The Bertz CT molecular complexity index is 1830. The van der Waals surface area contributed by atoms with Gasteiger partial charge in [-0.1, -0.05) is 76.6 Å². The molecule has 0 saturated carbocycles. The minimum Gasteiger partial charge on any atom is -0.493 e. The second-order valence-corrected chi connectivity index (χ2v) is 11.8. The van der Waals surface area contributed by atoms with E-state index in [0.717, 1.165) is 15.7 Å². The monoisotopic (exact) mass is 634 g/mol. The maximum Gasteiger partial charge on any atom is 0.238 e. The molecule has 1 fully saturated rings. The van der Waals surface area contributed by atoms with Crippen LogP contribution in [0.15, 0.2) is 102 Å². The Labute approximate surface area is 257 Å². The number of methoxy groups -OCH3 is 2. The quantitative estimate of drug-likeness (QED) is 0.250. The summed E-state index contributed by atoms with van der Waals surface area (Å²) < 4.78 is 11.8. The third-order valence-corrected chi connectivity index (χ3v) is 9.40. The fourth-order valence-corrected chi connectivity index (χ4v) is 7.34. The van der Waals surface area contributed by atoms with Crippen molar-refractivity contribution in [1.29, 1.82) is 0 Å². The van der Waals surface area contributed by atoms with Gasteiger partial charge in [-0.15, -0.1) is 0 Å². The molecule has 4 atom stereocenters. The standard InChI is InChI=1S/C35H27BrN2O5/c1-42-28-18-14-22(19-29(28)43-2)31(39)30-27-17-13-20-7-3-6-10-26(20)38(27)33(32(40)21-11-15-23(36)16-12-21)35(30)24-8-4-5-9-25(24)37-34(35)41/h3-19,27,30,33H,1-2H3,(H,37,41)/t27-,30+,33-,35-/m1/s1. The summed E-state index contributed by atoms with van der Waals surface area (Å²) in [5, 5.41) is 3.04. The predicted molar refractivity (Wildman–Crippen MR) is 168 cm³/mol. The van der Waals surface area contributed by atoms with Gasteiger partial charge in [-0.05, 0) is 53.6 Å². The molecule has 3 aliphatic heterocycles. The van der Waals surface area contributed by atoms with E-state index >= 15 is 0 Å². The average molecular weight is 636 g/mol. The summed E-state index contributed by atoms with van der Waals surface area (Å²) in [6, 6.07) is 25.7. The van der Waals surface area contributed by atoms with Crippen LogP contribution in [0.1, 0.15) is 31.8 Å². The number of ether oxygens (including phenoxy) is 2. The van der Waals surface area contributed by atoms with Gasteiger partial charge in [0.15, 0.2) is 23.1 Å². The van der Waals surface area contributed by atoms with Gasteiger partial charge in [-0.2, -0.15) is 0 Å². The fraction of sp³-hybridized carbons (Fsp3) is 0.171. The van der Waals surface area contributed by atoms with E-state index in [2.05, 4.69) is 21.2 Å². The highest BCUT2D eigenvalue weighted by Crippen LogP contribution is 2.58. The average Bonchev–Trinajstić information content (AvgIpc) is 3.52. The second-order valence-electron chi connectivity index (χ2n) is 10.9. The maximum atomic E-state index is 14.9. The van der Waals surface area contributed by atoms with Gasteiger partial charge in [0.1, 0.15) is 11.5 Å². The van der Waals surface area contributed by atoms with Crippen molar-refractivity contribution in [2.24, 2.45) is 5.92 Å². The zero-order valence-corrected chi connectivity index (χ0v) is 25.0. The van der Waals surface area contributed by atoms with E-state index in [0.29, 0.717) is 33.9 Å². The number of carbonyl (C=O) groups excluding carboxylic acids is 3. The number of fused-ring (bicyclic) bond motifs is 5. The number of amides is 1. The molecule has 1 N–H and O–H groups in total. The number of rotatable bonds is 6. The zero-order valence-electron chi connectivity index (χ0n) is 23.4. The molecule has 4 aromatic carbocycles. The van der Waals surface area contributed by atoms with Crippen LogP contribution in [0.2, 0.25) is 0 Å². The van der Waals surface area contributed by atoms with Crippen LogP contribution in [-0.2, 0) is 10.2 Å². The molecule has 43 heavy (non-hydrogen) atoms. The van der Waals surface area contributed by atoms with Gasteiger partial charge in [0, 0.05) is 27.0 Å². The van der Waals surface area contributed by atoms with Crippen LogP contribution < -0.4 is 19.7 Å². The van der Waals surface area contributed by atoms with Crippen molar-refractivity contribution in [3.63, 3.8) is 0 Å². The summed E-state index contributed by atoms with van der Waals surface area (Å²) in [6.45, 7) is 0. The lowest BCUT2D eigenvalue weighted by atomic mass is 9.63. The van der Waals surface area contributed by atoms with Crippen molar-refractivity contribution in [2.45, 2.75) is 17.5 Å². The Morgan fingerprint density at radius 2 is 1.53 bits per heavy atom. The van der Waals surface area contributed by atoms with Crippen molar-refractivity contribution in [3.8, 4) is 11.5 Å². The molecule has 214 valence electrons. The van der Waals surface area contributed by atoms with Gasteiger partial charge >= 0.3 is 0 Å². The number of carbonyl (C=O) groups is 3. The SMILES string of the molecule is COc1ccc(C(=O)[C@@H]2[C@H]3C=Cc4ccccc4N3[C@H](C(=O)c3ccc(Br)cc3)[C@]23C(=O)Nc2ccccc23)cc1OC. The van der Waals surface area contributed by atoms with Crippen LogP contribution in [-0.4, -0.2) is 43.8 Å². The normalized spacial score (nSPS) is 22.9. The highest BCUT2D eigenvalue weighted by Gasteiger charge is 2.71. The lowest BCUT2D eigenvalue weighted by molar-refractivity contribution is -0.121. The number of hydrogen-bond donors (Lipinski definition) is 1. The topological polar surface area (TPSA) is 84.9 Å². The van der Waals surface area contributed by atoms with Gasteiger partial charge in [-0.3, -0.25) is 14.4 Å². The Morgan fingerprint density at radius 1 is 0.837 bits per heavy atom. The van der Waals surface area contributed by atoms with E-state index in [1.807, 2.05) is 77.7 Å². The molecule has 7 rings (SSSR count). The number of hydrogen-bond acceptors (Lipinski definition) is 6. The molecule has 0 bridgehead atoms. The largest absolute Gasteiger partial charge is 0.493 e. The van der Waals surface area contributed by atoms with E-state index in [1.165, 1.54) is 14.2 Å². The molecule has 0 aliphatic carbocycles. The fourth-order valence-electron chi connectivity index (χ4n) is 7.08. The molecule has 8 heteroatoms. The first-order valence-electron chi connectivity index (χ1n) is 13.9. The summed E-state index contributed by atoms with van der Waals surface area (Å²) in [4.78, 5) is 46.3. The van der Waals surface area contributed by atoms with Crippen molar-refractivity contribution in [3.05, 3.63) is 124 Å². The minimum absolute atomic E-state index is 0.239. The van der Waals surface area contributed by atoms with Crippen molar-refractivity contribution >= 4 is 50.9 Å². The van der Waals surface area contributed by atoms with Gasteiger partial charge in [0.25, 0.3) is 0 Å². The summed E-state index contributed by atoms with van der Waals surface area (Å²) in [5.74, 6) is -0.928. The smallest absolute Gasteiger partial charge is 0.238 e. The van der Waals surface area contributed by atoms with Crippen LogP contribution in [0, 0.1) is 5.92 Å². The van der Waals surface area contributed by atoms with Crippen LogP contribution in [0.5, 0.6) is 11.5 Å². The number of para-hydroxylation sites is 2. The molecular formula is C35H27BrN2O5. The molecule has 0 unspecified atom stereocenters. The van der Waals surface area contributed by atoms with E-state index in [9.17, 15) is 14.4 Å². The maximum absolute atomic E-state index is 14.9.